The molecule has 0 spiro atoms. The van der Waals surface area contributed by atoms with Gasteiger partial charge in [0.2, 0.25) is 5.88 Å². The van der Waals surface area contributed by atoms with Crippen LogP contribution in [0, 0.1) is 13.8 Å². The summed E-state index contributed by atoms with van der Waals surface area (Å²) in [6, 6.07) is 9.42. The number of rotatable bonds is 7. The smallest absolute Gasteiger partial charge is 0.264 e. The minimum absolute atomic E-state index is 0.0712. The highest BCUT2D eigenvalue weighted by Crippen LogP contribution is 2.22. The van der Waals surface area contributed by atoms with E-state index in [2.05, 4.69) is 20.2 Å². The number of benzene rings is 1. The predicted molar refractivity (Wildman–Crippen MR) is 105 cm³/mol. The Morgan fingerprint density at radius 1 is 1.14 bits per heavy atom. The van der Waals surface area contributed by atoms with Gasteiger partial charge in [0.05, 0.1) is 10.6 Å². The lowest BCUT2D eigenvalue weighted by Crippen LogP contribution is -2.13. The first-order chi connectivity index (χ1) is 13.4. The molecular weight excluding hydrogens is 380 g/mol. The van der Waals surface area contributed by atoms with Crippen molar-refractivity contribution in [2.24, 2.45) is 0 Å². The summed E-state index contributed by atoms with van der Waals surface area (Å²) < 4.78 is 32.3. The molecule has 0 atom stereocenters. The Morgan fingerprint density at radius 3 is 2.50 bits per heavy atom. The first-order valence-corrected chi connectivity index (χ1v) is 9.78. The summed E-state index contributed by atoms with van der Waals surface area (Å²) in [6.07, 6.45) is 5.93. The first-order valence-electron chi connectivity index (χ1n) is 8.30. The molecule has 0 amide bonds. The van der Waals surface area contributed by atoms with Crippen LogP contribution in [0.15, 0.2) is 70.5 Å². The van der Waals surface area contributed by atoms with Crippen molar-refractivity contribution in [1.29, 1.82) is 0 Å². The van der Waals surface area contributed by atoms with E-state index in [1.165, 1.54) is 30.6 Å². The Morgan fingerprint density at radius 2 is 1.89 bits per heavy atom. The third-order valence-electron chi connectivity index (χ3n) is 3.98. The van der Waals surface area contributed by atoms with Gasteiger partial charge in [-0.1, -0.05) is 5.16 Å². The maximum absolute atomic E-state index is 12.5. The normalized spacial score (nSPS) is 11.5. The number of ketones is 1. The lowest BCUT2D eigenvalue weighted by Gasteiger charge is -2.07. The van der Waals surface area contributed by atoms with Crippen molar-refractivity contribution >= 4 is 27.4 Å². The zero-order valence-corrected chi connectivity index (χ0v) is 16.0. The molecule has 0 aliphatic heterocycles. The number of aromatic nitrogens is 2. The first kappa shape index (κ1) is 19.3. The van der Waals surface area contributed by atoms with Crippen molar-refractivity contribution in [3.63, 3.8) is 0 Å². The molecule has 2 N–H and O–H groups in total. The molecule has 28 heavy (non-hydrogen) atoms. The van der Waals surface area contributed by atoms with Crippen LogP contribution in [0.25, 0.3) is 0 Å². The molecule has 9 heteroatoms. The highest BCUT2D eigenvalue weighted by molar-refractivity contribution is 7.92. The number of pyridine rings is 1. The maximum atomic E-state index is 12.5. The van der Waals surface area contributed by atoms with Crippen LogP contribution in [0.2, 0.25) is 0 Å². The number of hydrogen-bond donors (Lipinski definition) is 2. The highest BCUT2D eigenvalue weighted by Gasteiger charge is 2.18. The van der Waals surface area contributed by atoms with Crippen molar-refractivity contribution < 1.29 is 17.7 Å². The molecular formula is C19H18N4O4S. The van der Waals surface area contributed by atoms with Gasteiger partial charge in [0.1, 0.15) is 0 Å². The topological polar surface area (TPSA) is 114 Å². The molecule has 144 valence electrons. The third-order valence-corrected chi connectivity index (χ3v) is 5.33. The van der Waals surface area contributed by atoms with Gasteiger partial charge in [-0.05, 0) is 50.2 Å². The van der Waals surface area contributed by atoms with Crippen LogP contribution < -0.4 is 10.0 Å². The molecule has 0 fully saturated rings. The van der Waals surface area contributed by atoms with Crippen LogP contribution >= 0.6 is 0 Å². The van der Waals surface area contributed by atoms with Gasteiger partial charge in [-0.15, -0.1) is 0 Å². The van der Waals surface area contributed by atoms with E-state index in [1.807, 2.05) is 0 Å². The monoisotopic (exact) mass is 398 g/mol. The van der Waals surface area contributed by atoms with Gasteiger partial charge in [0, 0.05) is 41.5 Å². The number of nitrogens with zero attached hydrogens (tertiary/aromatic N) is 2. The predicted octanol–water partition coefficient (Wildman–Crippen LogP) is 3.30. The second-order valence-corrected chi connectivity index (χ2v) is 7.62. The average molecular weight is 398 g/mol. The molecule has 0 bridgehead atoms. The summed E-state index contributed by atoms with van der Waals surface area (Å²) in [7, 11) is -3.80. The number of sulfonamides is 1. The van der Waals surface area contributed by atoms with Crippen LogP contribution in [0.3, 0.4) is 0 Å². The van der Waals surface area contributed by atoms with Gasteiger partial charge in [-0.25, -0.2) is 13.1 Å². The van der Waals surface area contributed by atoms with Crippen LogP contribution in [0.4, 0.5) is 11.6 Å². The summed E-state index contributed by atoms with van der Waals surface area (Å²) in [5.41, 5.74) is 2.35. The molecule has 0 unspecified atom stereocenters. The molecule has 0 aliphatic rings. The number of carbonyl (C=O) groups excluding carboxylic acids is 1. The van der Waals surface area contributed by atoms with Crippen molar-refractivity contribution in [1.82, 2.24) is 10.1 Å². The Labute approximate surface area is 162 Å². The molecule has 3 rings (SSSR count). The van der Waals surface area contributed by atoms with Gasteiger partial charge < -0.3 is 9.84 Å². The van der Waals surface area contributed by atoms with Crippen molar-refractivity contribution in [2.75, 3.05) is 10.0 Å². The zero-order chi connectivity index (χ0) is 20.1. The van der Waals surface area contributed by atoms with Gasteiger partial charge in [0.15, 0.2) is 5.78 Å². The molecule has 0 saturated heterocycles. The Hall–Kier alpha value is -3.46. The minimum atomic E-state index is -3.80. The number of aryl methyl sites for hydroxylation is 1. The molecule has 2 heterocycles. The number of carbonyl (C=O) groups is 1. The van der Waals surface area contributed by atoms with Gasteiger partial charge in [-0.3, -0.25) is 9.78 Å². The summed E-state index contributed by atoms with van der Waals surface area (Å²) in [5.74, 6) is -0.0988. The van der Waals surface area contributed by atoms with Crippen molar-refractivity contribution in [2.45, 2.75) is 18.7 Å². The summed E-state index contributed by atoms with van der Waals surface area (Å²) in [4.78, 5) is 15.9. The molecule has 0 radical (unpaired) electrons. The fourth-order valence-corrected chi connectivity index (χ4v) is 3.29. The standard InChI is InChI=1S/C19H18N4O4S/c1-13-14(2)22-27-19(13)23-28(25,26)17-7-5-16(6-8-17)21-11-9-18(24)15-4-3-10-20-12-15/h3-12,21,23H,1-2H3/b11-9-. The maximum Gasteiger partial charge on any atom is 0.264 e. The quantitative estimate of drug-likeness (QED) is 0.463. The number of nitrogens with one attached hydrogen (secondary N) is 2. The molecule has 0 saturated carbocycles. The van der Waals surface area contributed by atoms with E-state index < -0.39 is 10.0 Å². The average Bonchev–Trinajstić information content (AvgIpc) is 3.00. The fourth-order valence-electron chi connectivity index (χ4n) is 2.24. The second-order valence-electron chi connectivity index (χ2n) is 5.94. The van der Waals surface area contributed by atoms with Crippen LogP contribution in [0.1, 0.15) is 21.6 Å². The third kappa shape index (κ3) is 4.44. The molecule has 1 aromatic carbocycles. The van der Waals surface area contributed by atoms with Crippen LogP contribution in [-0.4, -0.2) is 24.3 Å². The van der Waals surface area contributed by atoms with Gasteiger partial charge in [0.25, 0.3) is 10.0 Å². The Kier molecular flexibility index (Phi) is 5.55. The van der Waals surface area contributed by atoms with Gasteiger partial charge in [-0.2, -0.15) is 0 Å². The second kappa shape index (κ2) is 8.05. The van der Waals surface area contributed by atoms with E-state index in [0.29, 0.717) is 22.5 Å². The molecule has 8 nitrogen and oxygen atoms in total. The van der Waals surface area contributed by atoms with Crippen molar-refractivity contribution in [3.8, 4) is 0 Å². The number of anilines is 2. The Balaban J connectivity index is 1.65. The number of hydrogen-bond acceptors (Lipinski definition) is 7. The number of allylic oxidation sites excluding steroid dienone is 1. The molecule has 0 aliphatic carbocycles. The minimum Gasteiger partial charge on any atom is -0.362 e. The lowest BCUT2D eigenvalue weighted by molar-refractivity contribution is 0.104. The van der Waals surface area contributed by atoms with Crippen molar-refractivity contribution in [3.05, 3.63) is 77.9 Å². The van der Waals surface area contributed by atoms with E-state index in [9.17, 15) is 13.2 Å². The summed E-state index contributed by atoms with van der Waals surface area (Å²) in [5, 5.41) is 6.65. The van der Waals surface area contributed by atoms with Crippen LogP contribution in [-0.2, 0) is 10.0 Å². The van der Waals surface area contributed by atoms with E-state index >= 15 is 0 Å². The molecule has 3 aromatic rings. The van der Waals surface area contributed by atoms with Gasteiger partial charge >= 0.3 is 0 Å². The highest BCUT2D eigenvalue weighted by atomic mass is 32.2. The molecule has 2 aromatic heterocycles. The van der Waals surface area contributed by atoms with E-state index in [4.69, 9.17) is 4.52 Å². The SMILES string of the molecule is Cc1noc(NS(=O)(=O)c2ccc(N/C=C\C(=O)c3cccnc3)cc2)c1C. The Bertz CT molecular complexity index is 1100. The van der Waals surface area contributed by atoms with E-state index in [-0.39, 0.29) is 16.6 Å². The van der Waals surface area contributed by atoms with E-state index in [1.54, 1.807) is 44.3 Å². The summed E-state index contributed by atoms with van der Waals surface area (Å²) in [6.45, 7) is 3.44. The van der Waals surface area contributed by atoms with Crippen LogP contribution in [0.5, 0.6) is 0 Å². The largest absolute Gasteiger partial charge is 0.362 e. The lowest BCUT2D eigenvalue weighted by atomic mass is 10.2. The fraction of sp³-hybridized carbons (Fsp3) is 0.105. The summed E-state index contributed by atoms with van der Waals surface area (Å²) >= 11 is 0. The van der Waals surface area contributed by atoms with E-state index in [0.717, 1.165) is 0 Å². The zero-order valence-electron chi connectivity index (χ0n) is 15.2.